The summed E-state index contributed by atoms with van der Waals surface area (Å²) < 4.78 is 13.2. The number of aromatic nitrogens is 2. The van der Waals surface area contributed by atoms with Crippen molar-refractivity contribution in [3.63, 3.8) is 0 Å². The van der Waals surface area contributed by atoms with Crippen LogP contribution in [-0.2, 0) is 4.79 Å². The van der Waals surface area contributed by atoms with Gasteiger partial charge in [-0.25, -0.2) is 4.68 Å². The maximum Gasteiger partial charge on any atom is 0.226 e. The third-order valence-electron chi connectivity index (χ3n) is 5.16. The average Bonchev–Trinajstić information content (AvgIpc) is 3.08. The van der Waals surface area contributed by atoms with E-state index >= 15 is 0 Å². The van der Waals surface area contributed by atoms with Crippen molar-refractivity contribution in [2.75, 3.05) is 19.5 Å². The first-order chi connectivity index (χ1) is 14.4. The van der Waals surface area contributed by atoms with Gasteiger partial charge in [0, 0.05) is 22.0 Å². The van der Waals surface area contributed by atoms with Crippen LogP contribution in [0.15, 0.2) is 46.9 Å². The quantitative estimate of drug-likeness (QED) is 0.564. The molecule has 0 saturated heterocycles. The number of methoxy groups -OCH3 is 2. The molecule has 4 rings (SSSR count). The van der Waals surface area contributed by atoms with Crippen LogP contribution in [0.2, 0.25) is 0 Å². The highest BCUT2D eigenvalue weighted by molar-refractivity contribution is 9.10. The molecule has 8 heteroatoms. The molecule has 0 aliphatic carbocycles. The average molecular weight is 470 g/mol. The summed E-state index contributed by atoms with van der Waals surface area (Å²) in [5.74, 6) is 0.521. The monoisotopic (exact) mass is 469 g/mol. The Hall–Kier alpha value is -3.13. The maximum atomic E-state index is 13.4. The Morgan fingerprint density at radius 1 is 1.13 bits per heavy atom. The highest BCUT2D eigenvalue weighted by Gasteiger charge is 2.36. The molecule has 1 amide bonds. The van der Waals surface area contributed by atoms with Crippen molar-refractivity contribution in [3.8, 4) is 17.2 Å². The third kappa shape index (κ3) is 3.47. The SMILES string of the molecule is COc1ccc(C(=O)C2CC(=O)Nc3c2c(C)nn3-c2ccc(Br)cc2)cc1OC. The number of halogens is 1. The lowest BCUT2D eigenvalue weighted by molar-refractivity contribution is -0.116. The number of hydrogen-bond donors (Lipinski definition) is 1. The number of amides is 1. The number of nitrogens with one attached hydrogen (secondary N) is 1. The first kappa shape index (κ1) is 20.2. The van der Waals surface area contributed by atoms with Gasteiger partial charge in [-0.15, -0.1) is 0 Å². The Labute approximate surface area is 182 Å². The molecule has 1 N–H and O–H groups in total. The van der Waals surface area contributed by atoms with Gasteiger partial charge in [0.1, 0.15) is 5.82 Å². The standard InChI is InChI=1S/C22H20BrN3O4/c1-12-20-16(21(28)13-4-9-17(29-2)18(10-13)30-3)11-19(27)24-22(20)26(25-12)15-7-5-14(23)6-8-15/h4-10,16H,11H2,1-3H3,(H,24,27). The van der Waals surface area contributed by atoms with E-state index in [2.05, 4.69) is 26.3 Å². The minimum atomic E-state index is -0.629. The van der Waals surface area contributed by atoms with Crippen LogP contribution in [0.1, 0.15) is 34.0 Å². The minimum absolute atomic E-state index is 0.0625. The molecule has 1 aliphatic heterocycles. The summed E-state index contributed by atoms with van der Waals surface area (Å²) in [5.41, 5.74) is 2.68. The summed E-state index contributed by atoms with van der Waals surface area (Å²) in [6.45, 7) is 1.85. The molecular formula is C22H20BrN3O4. The highest BCUT2D eigenvalue weighted by atomic mass is 79.9. The fraction of sp³-hybridized carbons (Fsp3) is 0.227. The van der Waals surface area contributed by atoms with Gasteiger partial charge < -0.3 is 14.8 Å². The van der Waals surface area contributed by atoms with Gasteiger partial charge in [0.25, 0.3) is 0 Å². The first-order valence-electron chi connectivity index (χ1n) is 9.34. The van der Waals surface area contributed by atoms with E-state index in [1.54, 1.807) is 22.9 Å². The van der Waals surface area contributed by atoms with Crippen LogP contribution in [0, 0.1) is 6.92 Å². The summed E-state index contributed by atoms with van der Waals surface area (Å²) >= 11 is 3.42. The van der Waals surface area contributed by atoms with Crippen LogP contribution in [-0.4, -0.2) is 35.7 Å². The number of Topliss-reactive ketones (excluding diaryl/α,β-unsaturated/α-hetero) is 1. The van der Waals surface area contributed by atoms with E-state index in [0.717, 1.165) is 15.7 Å². The molecule has 2 aromatic carbocycles. The number of carbonyl (C=O) groups excluding carboxylic acids is 2. The second-order valence-electron chi connectivity index (χ2n) is 6.97. The second kappa shape index (κ2) is 7.95. The number of hydrogen-bond acceptors (Lipinski definition) is 5. The normalized spacial score (nSPS) is 15.3. The number of anilines is 1. The fourth-order valence-electron chi connectivity index (χ4n) is 3.73. The van der Waals surface area contributed by atoms with Crippen LogP contribution in [0.3, 0.4) is 0 Å². The predicted octanol–water partition coefficient (Wildman–Crippen LogP) is 4.27. The summed E-state index contributed by atoms with van der Waals surface area (Å²) in [5, 5.41) is 7.50. The van der Waals surface area contributed by atoms with Crippen LogP contribution in [0.4, 0.5) is 5.82 Å². The van der Waals surface area contributed by atoms with Crippen molar-refractivity contribution in [1.29, 1.82) is 0 Å². The van der Waals surface area contributed by atoms with Crippen LogP contribution >= 0.6 is 15.9 Å². The number of benzene rings is 2. The van der Waals surface area contributed by atoms with Gasteiger partial charge in [-0.05, 0) is 49.4 Å². The van der Waals surface area contributed by atoms with Gasteiger partial charge in [-0.3, -0.25) is 9.59 Å². The lowest BCUT2D eigenvalue weighted by Crippen LogP contribution is -2.28. The summed E-state index contributed by atoms with van der Waals surface area (Å²) in [6.07, 6.45) is 0.0625. The molecule has 1 aliphatic rings. The summed E-state index contributed by atoms with van der Waals surface area (Å²) in [6, 6.07) is 12.6. The maximum absolute atomic E-state index is 13.4. The van der Waals surface area contributed by atoms with E-state index in [1.165, 1.54) is 14.2 Å². The zero-order valence-corrected chi connectivity index (χ0v) is 18.3. The van der Waals surface area contributed by atoms with Crippen molar-refractivity contribution in [2.45, 2.75) is 19.3 Å². The van der Waals surface area contributed by atoms with Gasteiger partial charge in [-0.1, -0.05) is 15.9 Å². The molecule has 1 unspecified atom stereocenters. The predicted molar refractivity (Wildman–Crippen MR) is 116 cm³/mol. The van der Waals surface area contributed by atoms with E-state index in [-0.39, 0.29) is 18.1 Å². The topological polar surface area (TPSA) is 82.5 Å². The molecule has 154 valence electrons. The number of fused-ring (bicyclic) bond motifs is 1. The van der Waals surface area contributed by atoms with E-state index in [4.69, 9.17) is 9.47 Å². The van der Waals surface area contributed by atoms with Crippen molar-refractivity contribution in [1.82, 2.24) is 9.78 Å². The van der Waals surface area contributed by atoms with Gasteiger partial charge in [-0.2, -0.15) is 5.10 Å². The molecule has 0 bridgehead atoms. The highest BCUT2D eigenvalue weighted by Crippen LogP contribution is 2.39. The van der Waals surface area contributed by atoms with E-state index in [9.17, 15) is 9.59 Å². The molecule has 3 aromatic rings. The molecule has 1 atom stereocenters. The summed E-state index contributed by atoms with van der Waals surface area (Å²) in [7, 11) is 3.06. The Bertz CT molecular complexity index is 1140. The Balaban J connectivity index is 1.78. The molecule has 0 fully saturated rings. The lowest BCUT2D eigenvalue weighted by atomic mass is 9.85. The zero-order chi connectivity index (χ0) is 21.4. The molecule has 7 nitrogen and oxygen atoms in total. The molecule has 0 saturated carbocycles. The fourth-order valence-corrected chi connectivity index (χ4v) is 4.00. The van der Waals surface area contributed by atoms with Crippen molar-refractivity contribution in [3.05, 3.63) is 63.8 Å². The van der Waals surface area contributed by atoms with Crippen molar-refractivity contribution in [2.24, 2.45) is 0 Å². The third-order valence-corrected chi connectivity index (χ3v) is 5.69. The van der Waals surface area contributed by atoms with Crippen LogP contribution in [0.25, 0.3) is 5.69 Å². The number of carbonyl (C=O) groups is 2. The van der Waals surface area contributed by atoms with Gasteiger partial charge >= 0.3 is 0 Å². The molecule has 0 radical (unpaired) electrons. The second-order valence-corrected chi connectivity index (χ2v) is 7.89. The number of aryl methyl sites for hydroxylation is 1. The van der Waals surface area contributed by atoms with Crippen molar-refractivity contribution >= 4 is 33.4 Å². The molecule has 2 heterocycles. The van der Waals surface area contributed by atoms with Gasteiger partial charge in [0.2, 0.25) is 5.91 Å². The summed E-state index contributed by atoms with van der Waals surface area (Å²) in [4.78, 5) is 25.9. The van der Waals surface area contributed by atoms with Gasteiger partial charge in [0.05, 0.1) is 31.5 Å². The molecular weight excluding hydrogens is 450 g/mol. The van der Waals surface area contributed by atoms with Crippen LogP contribution in [0.5, 0.6) is 11.5 Å². The van der Waals surface area contributed by atoms with E-state index < -0.39 is 5.92 Å². The smallest absolute Gasteiger partial charge is 0.226 e. The first-order valence-corrected chi connectivity index (χ1v) is 10.1. The number of rotatable bonds is 5. The zero-order valence-electron chi connectivity index (χ0n) is 16.7. The largest absolute Gasteiger partial charge is 0.493 e. The Morgan fingerprint density at radius 3 is 2.50 bits per heavy atom. The van der Waals surface area contributed by atoms with E-state index in [1.807, 2.05) is 31.2 Å². The minimum Gasteiger partial charge on any atom is -0.493 e. The van der Waals surface area contributed by atoms with Crippen molar-refractivity contribution < 1.29 is 19.1 Å². The number of nitrogens with zero attached hydrogens (tertiary/aromatic N) is 2. The van der Waals surface area contributed by atoms with Crippen LogP contribution < -0.4 is 14.8 Å². The Kier molecular flexibility index (Phi) is 5.34. The number of ketones is 1. The molecule has 30 heavy (non-hydrogen) atoms. The van der Waals surface area contributed by atoms with E-state index in [0.29, 0.717) is 28.6 Å². The lowest BCUT2D eigenvalue weighted by Gasteiger charge is -2.23. The van der Waals surface area contributed by atoms with Gasteiger partial charge in [0.15, 0.2) is 17.3 Å². The molecule has 1 aromatic heterocycles. The molecule has 0 spiro atoms. The number of ether oxygens (including phenoxy) is 2. The Morgan fingerprint density at radius 2 is 1.83 bits per heavy atom.